The fraction of sp³-hybridized carbons (Fsp3) is 0.379. The molecule has 36 heavy (non-hydrogen) atoms. The van der Waals surface area contributed by atoms with E-state index in [-0.39, 0.29) is 24.4 Å². The van der Waals surface area contributed by atoms with Crippen LogP contribution >= 0.6 is 11.3 Å². The first-order chi connectivity index (χ1) is 17.0. The molecule has 1 atom stereocenters. The second-order valence-electron chi connectivity index (χ2n) is 10.3. The molecule has 4 rings (SSSR count). The van der Waals surface area contributed by atoms with Crippen LogP contribution in [0.3, 0.4) is 0 Å². The number of aryl methyl sites for hydroxylation is 2. The van der Waals surface area contributed by atoms with Crippen LogP contribution in [0.5, 0.6) is 5.75 Å². The second kappa shape index (κ2) is 10.4. The Kier molecular flexibility index (Phi) is 7.50. The van der Waals surface area contributed by atoms with Crippen molar-refractivity contribution >= 4 is 23.2 Å². The van der Waals surface area contributed by atoms with Crippen molar-refractivity contribution < 1.29 is 18.7 Å². The second-order valence-corrected chi connectivity index (χ2v) is 11.3. The number of ether oxygens (including phenoxy) is 1. The molecule has 190 valence electrons. The minimum atomic E-state index is -0.602. The standard InChI is InChI=1S/C29H33FN2O3S/c1-19-6-11-25(20(2)16-19)35-18-24-23-13-15-36-26(23)12-14-31(24)27(33)17-32(29(3,4)5)28(34)21-7-9-22(30)10-8-21/h6-11,13,15-16,24H,12,14,17-18H2,1-5H3/t24-/m0/s1. The number of hydrogen-bond acceptors (Lipinski definition) is 4. The summed E-state index contributed by atoms with van der Waals surface area (Å²) in [6.45, 7) is 10.6. The molecule has 0 unspecified atom stereocenters. The average molecular weight is 509 g/mol. The van der Waals surface area contributed by atoms with Crippen LogP contribution in [0.15, 0.2) is 53.9 Å². The molecule has 3 aromatic rings. The Balaban J connectivity index is 1.57. The van der Waals surface area contributed by atoms with Crippen molar-refractivity contribution in [3.63, 3.8) is 0 Å². The van der Waals surface area contributed by atoms with Crippen molar-refractivity contribution in [2.75, 3.05) is 19.7 Å². The van der Waals surface area contributed by atoms with Crippen LogP contribution in [0.1, 0.15) is 58.7 Å². The Morgan fingerprint density at radius 3 is 2.50 bits per heavy atom. The molecule has 0 fully saturated rings. The molecule has 2 aromatic carbocycles. The van der Waals surface area contributed by atoms with Gasteiger partial charge >= 0.3 is 0 Å². The third-order valence-corrected chi connectivity index (χ3v) is 7.58. The summed E-state index contributed by atoms with van der Waals surface area (Å²) in [7, 11) is 0. The van der Waals surface area contributed by atoms with E-state index in [4.69, 9.17) is 4.74 Å². The van der Waals surface area contributed by atoms with Gasteiger partial charge in [0.25, 0.3) is 5.91 Å². The lowest BCUT2D eigenvalue weighted by molar-refractivity contribution is -0.136. The van der Waals surface area contributed by atoms with Gasteiger partial charge in [0.2, 0.25) is 5.91 Å². The van der Waals surface area contributed by atoms with Gasteiger partial charge in [-0.25, -0.2) is 4.39 Å². The van der Waals surface area contributed by atoms with Gasteiger partial charge in [-0.05, 0) is 93.9 Å². The fourth-order valence-corrected chi connectivity index (χ4v) is 5.52. The first kappa shape index (κ1) is 25.9. The van der Waals surface area contributed by atoms with E-state index in [2.05, 4.69) is 17.5 Å². The summed E-state index contributed by atoms with van der Waals surface area (Å²) in [6, 6.07) is 13.3. The van der Waals surface area contributed by atoms with Gasteiger partial charge in [0.15, 0.2) is 0 Å². The highest BCUT2D eigenvalue weighted by molar-refractivity contribution is 7.10. The maximum atomic E-state index is 13.7. The third-order valence-electron chi connectivity index (χ3n) is 6.58. The van der Waals surface area contributed by atoms with Crippen molar-refractivity contribution in [1.82, 2.24) is 9.80 Å². The normalized spacial score (nSPS) is 15.4. The first-order valence-electron chi connectivity index (χ1n) is 12.2. The van der Waals surface area contributed by atoms with Crippen molar-refractivity contribution in [3.8, 4) is 5.75 Å². The van der Waals surface area contributed by atoms with Crippen LogP contribution in [0.2, 0.25) is 0 Å². The molecule has 0 saturated carbocycles. The number of fused-ring (bicyclic) bond motifs is 1. The van der Waals surface area contributed by atoms with Crippen LogP contribution in [0, 0.1) is 19.7 Å². The Morgan fingerprint density at radius 2 is 1.83 bits per heavy atom. The van der Waals surface area contributed by atoms with E-state index in [1.165, 1.54) is 34.7 Å². The fourth-order valence-electron chi connectivity index (χ4n) is 4.59. The number of carbonyl (C=O) groups excluding carboxylic acids is 2. The molecule has 5 nitrogen and oxygen atoms in total. The monoisotopic (exact) mass is 508 g/mol. The van der Waals surface area contributed by atoms with Gasteiger partial charge in [0, 0.05) is 22.5 Å². The van der Waals surface area contributed by atoms with E-state index >= 15 is 0 Å². The first-order valence-corrected chi connectivity index (χ1v) is 13.1. The van der Waals surface area contributed by atoms with Crippen LogP contribution in [-0.4, -0.2) is 46.8 Å². The predicted octanol–water partition coefficient (Wildman–Crippen LogP) is 5.95. The van der Waals surface area contributed by atoms with E-state index in [1.54, 1.807) is 16.2 Å². The lowest BCUT2D eigenvalue weighted by atomic mass is 9.99. The Morgan fingerprint density at radius 1 is 1.11 bits per heavy atom. The third kappa shape index (κ3) is 5.62. The molecular formula is C29H33FN2O3S. The summed E-state index contributed by atoms with van der Waals surface area (Å²) < 4.78 is 19.7. The Labute approximate surface area is 216 Å². The minimum Gasteiger partial charge on any atom is -0.491 e. The summed E-state index contributed by atoms with van der Waals surface area (Å²) >= 11 is 1.70. The molecule has 1 aromatic heterocycles. The summed E-state index contributed by atoms with van der Waals surface area (Å²) in [5, 5.41) is 2.06. The van der Waals surface area contributed by atoms with E-state index in [1.807, 2.05) is 51.7 Å². The van der Waals surface area contributed by atoms with Gasteiger partial charge in [-0.15, -0.1) is 11.3 Å². The molecule has 0 saturated heterocycles. The maximum absolute atomic E-state index is 13.7. The van der Waals surface area contributed by atoms with Gasteiger partial charge in [0.05, 0.1) is 6.04 Å². The zero-order valence-corrected chi connectivity index (χ0v) is 22.3. The lowest BCUT2D eigenvalue weighted by Crippen LogP contribution is -2.53. The molecule has 0 radical (unpaired) electrons. The largest absolute Gasteiger partial charge is 0.491 e. The molecule has 2 amide bonds. The smallest absolute Gasteiger partial charge is 0.254 e. The highest BCUT2D eigenvalue weighted by Gasteiger charge is 2.36. The SMILES string of the molecule is Cc1ccc(OC[C@H]2c3ccsc3CCN2C(=O)CN(C(=O)c2ccc(F)cc2)C(C)(C)C)c(C)c1. The lowest BCUT2D eigenvalue weighted by Gasteiger charge is -2.40. The summed E-state index contributed by atoms with van der Waals surface area (Å²) in [6.07, 6.45) is 0.778. The zero-order chi connectivity index (χ0) is 26.0. The van der Waals surface area contributed by atoms with Gasteiger partial charge in [-0.3, -0.25) is 9.59 Å². The van der Waals surface area contributed by atoms with E-state index < -0.39 is 11.4 Å². The van der Waals surface area contributed by atoms with Crippen LogP contribution in [0.4, 0.5) is 4.39 Å². The van der Waals surface area contributed by atoms with Crippen molar-refractivity contribution in [2.45, 2.75) is 52.6 Å². The minimum absolute atomic E-state index is 0.0702. The maximum Gasteiger partial charge on any atom is 0.254 e. The molecule has 7 heteroatoms. The number of halogens is 1. The summed E-state index contributed by atoms with van der Waals surface area (Å²) in [5.74, 6) is -0.0340. The molecule has 2 heterocycles. The molecule has 0 aliphatic carbocycles. The number of hydrogen-bond donors (Lipinski definition) is 0. The molecular weight excluding hydrogens is 475 g/mol. The van der Waals surface area contributed by atoms with Crippen molar-refractivity contribution in [1.29, 1.82) is 0 Å². The van der Waals surface area contributed by atoms with E-state index in [0.717, 1.165) is 23.3 Å². The van der Waals surface area contributed by atoms with Crippen LogP contribution < -0.4 is 4.74 Å². The highest BCUT2D eigenvalue weighted by Crippen LogP contribution is 2.34. The highest BCUT2D eigenvalue weighted by atomic mass is 32.1. The number of nitrogens with zero attached hydrogens (tertiary/aromatic N) is 2. The average Bonchev–Trinajstić information content (AvgIpc) is 3.30. The van der Waals surface area contributed by atoms with Crippen LogP contribution in [0.25, 0.3) is 0 Å². The van der Waals surface area contributed by atoms with E-state index in [9.17, 15) is 14.0 Å². The number of rotatable bonds is 6. The van der Waals surface area contributed by atoms with Gasteiger partial charge < -0.3 is 14.5 Å². The van der Waals surface area contributed by atoms with Gasteiger partial charge in [0.1, 0.15) is 24.7 Å². The van der Waals surface area contributed by atoms with Gasteiger partial charge in [-0.2, -0.15) is 0 Å². The quantitative estimate of drug-likeness (QED) is 0.413. The van der Waals surface area contributed by atoms with Gasteiger partial charge in [-0.1, -0.05) is 17.7 Å². The Bertz CT molecular complexity index is 1250. The van der Waals surface area contributed by atoms with Crippen molar-refractivity contribution in [3.05, 3.63) is 86.9 Å². The number of carbonyl (C=O) groups is 2. The topological polar surface area (TPSA) is 49.9 Å². The zero-order valence-electron chi connectivity index (χ0n) is 21.5. The summed E-state index contributed by atoms with van der Waals surface area (Å²) in [5.41, 5.74) is 3.08. The number of thiophene rings is 1. The molecule has 0 spiro atoms. The van der Waals surface area contributed by atoms with E-state index in [0.29, 0.717) is 18.7 Å². The molecule has 0 bridgehead atoms. The van der Waals surface area contributed by atoms with Crippen LogP contribution in [-0.2, 0) is 11.2 Å². The van der Waals surface area contributed by atoms with Crippen molar-refractivity contribution in [2.24, 2.45) is 0 Å². The molecule has 1 aliphatic heterocycles. The number of benzene rings is 2. The molecule has 0 N–H and O–H groups in total. The molecule has 1 aliphatic rings. The Hall–Kier alpha value is -3.19. The predicted molar refractivity (Wildman–Crippen MR) is 141 cm³/mol. The number of amides is 2. The summed E-state index contributed by atoms with van der Waals surface area (Å²) in [4.78, 5) is 31.7.